The lowest BCUT2D eigenvalue weighted by atomic mass is 9.87. The molecular formula is C17H16F2N2O3S. The van der Waals surface area contributed by atoms with E-state index in [0.717, 1.165) is 16.4 Å². The summed E-state index contributed by atoms with van der Waals surface area (Å²) in [5.74, 6) is -3.21. The molecule has 1 aliphatic heterocycles. The molecule has 0 radical (unpaired) electrons. The zero-order valence-corrected chi connectivity index (χ0v) is 14.1. The molecule has 2 atom stereocenters. The summed E-state index contributed by atoms with van der Waals surface area (Å²) >= 11 is 0. The van der Waals surface area contributed by atoms with Crippen LogP contribution in [-0.2, 0) is 14.8 Å². The summed E-state index contributed by atoms with van der Waals surface area (Å²) in [5, 5.41) is 0. The first-order valence-electron chi connectivity index (χ1n) is 7.61. The standard InChI is InChI=1S/C17H16F2N2O3S/c1-10-8-13(17(20)22)12-4-2-3-5-15(12)21(10)25(23,24)16-7-6-11(18)9-14(16)19/h2-7,9-10,13H,8H2,1H3,(H2,20,22). The molecular weight excluding hydrogens is 350 g/mol. The second-order valence-corrected chi connectivity index (χ2v) is 7.76. The number of hydrogen-bond donors (Lipinski definition) is 1. The lowest BCUT2D eigenvalue weighted by Crippen LogP contribution is -2.45. The van der Waals surface area contributed by atoms with Gasteiger partial charge in [0.1, 0.15) is 16.5 Å². The number of hydrogen-bond acceptors (Lipinski definition) is 3. The van der Waals surface area contributed by atoms with Gasteiger partial charge in [0.25, 0.3) is 10.0 Å². The molecule has 2 aromatic rings. The molecule has 0 saturated carbocycles. The first-order chi connectivity index (χ1) is 11.7. The maximum Gasteiger partial charge on any atom is 0.267 e. The van der Waals surface area contributed by atoms with E-state index < -0.39 is 44.4 Å². The molecule has 5 nitrogen and oxygen atoms in total. The number of amides is 1. The van der Waals surface area contributed by atoms with Crippen LogP contribution in [0.2, 0.25) is 0 Å². The first-order valence-corrected chi connectivity index (χ1v) is 9.05. The number of para-hydroxylation sites is 1. The van der Waals surface area contributed by atoms with Crippen LogP contribution in [0.5, 0.6) is 0 Å². The summed E-state index contributed by atoms with van der Waals surface area (Å²) in [6.07, 6.45) is 0.175. The van der Waals surface area contributed by atoms with Crippen LogP contribution in [0.3, 0.4) is 0 Å². The monoisotopic (exact) mass is 366 g/mol. The van der Waals surface area contributed by atoms with Crippen LogP contribution in [0.15, 0.2) is 47.4 Å². The highest BCUT2D eigenvalue weighted by Gasteiger charge is 2.40. The highest BCUT2D eigenvalue weighted by Crippen LogP contribution is 2.41. The topological polar surface area (TPSA) is 80.5 Å². The van der Waals surface area contributed by atoms with Gasteiger partial charge in [-0.2, -0.15) is 0 Å². The zero-order valence-electron chi connectivity index (χ0n) is 13.3. The average molecular weight is 366 g/mol. The van der Waals surface area contributed by atoms with Gasteiger partial charge in [0.15, 0.2) is 0 Å². The van der Waals surface area contributed by atoms with Crippen molar-refractivity contribution in [2.75, 3.05) is 4.31 Å². The Balaban J connectivity index is 2.18. The number of sulfonamides is 1. The quantitative estimate of drug-likeness (QED) is 0.906. The van der Waals surface area contributed by atoms with Crippen molar-refractivity contribution in [3.05, 3.63) is 59.7 Å². The third-order valence-corrected chi connectivity index (χ3v) is 6.26. The van der Waals surface area contributed by atoms with Gasteiger partial charge in [0.05, 0.1) is 11.6 Å². The van der Waals surface area contributed by atoms with Crippen molar-refractivity contribution in [1.82, 2.24) is 0 Å². The van der Waals surface area contributed by atoms with Crippen LogP contribution >= 0.6 is 0 Å². The summed E-state index contributed by atoms with van der Waals surface area (Å²) in [6.45, 7) is 1.62. The molecule has 1 amide bonds. The van der Waals surface area contributed by atoms with Crippen LogP contribution in [0.4, 0.5) is 14.5 Å². The van der Waals surface area contributed by atoms with Gasteiger partial charge < -0.3 is 5.73 Å². The van der Waals surface area contributed by atoms with E-state index in [1.807, 2.05) is 0 Å². The van der Waals surface area contributed by atoms with Crippen LogP contribution in [0.1, 0.15) is 24.8 Å². The van der Waals surface area contributed by atoms with Crippen molar-refractivity contribution in [3.8, 4) is 0 Å². The number of primary amides is 1. The van der Waals surface area contributed by atoms with E-state index in [4.69, 9.17) is 5.73 Å². The zero-order chi connectivity index (χ0) is 18.4. The minimum absolute atomic E-state index is 0.175. The van der Waals surface area contributed by atoms with E-state index in [-0.39, 0.29) is 12.1 Å². The number of rotatable bonds is 3. The lowest BCUT2D eigenvalue weighted by molar-refractivity contribution is -0.119. The van der Waals surface area contributed by atoms with E-state index in [9.17, 15) is 22.0 Å². The van der Waals surface area contributed by atoms with Gasteiger partial charge in [-0.15, -0.1) is 0 Å². The van der Waals surface area contributed by atoms with E-state index in [2.05, 4.69) is 0 Å². The summed E-state index contributed by atoms with van der Waals surface area (Å²) in [4.78, 5) is 11.1. The number of benzene rings is 2. The van der Waals surface area contributed by atoms with Crippen molar-refractivity contribution in [2.24, 2.45) is 5.73 Å². The van der Waals surface area contributed by atoms with Crippen LogP contribution in [0.25, 0.3) is 0 Å². The Morgan fingerprint density at radius 3 is 2.52 bits per heavy atom. The normalized spacial score (nSPS) is 20.2. The SMILES string of the molecule is CC1CC(C(N)=O)c2ccccc2N1S(=O)(=O)c1ccc(F)cc1F. The summed E-state index contributed by atoms with van der Waals surface area (Å²) in [6, 6.07) is 8.16. The van der Waals surface area contributed by atoms with Crippen molar-refractivity contribution in [1.29, 1.82) is 0 Å². The molecule has 25 heavy (non-hydrogen) atoms. The molecule has 0 aliphatic carbocycles. The molecule has 0 saturated heterocycles. The predicted molar refractivity (Wildman–Crippen MR) is 88.5 cm³/mol. The third-order valence-electron chi connectivity index (χ3n) is 4.30. The molecule has 0 spiro atoms. The van der Waals surface area contributed by atoms with E-state index in [1.54, 1.807) is 31.2 Å². The molecule has 2 unspecified atom stereocenters. The van der Waals surface area contributed by atoms with E-state index in [1.165, 1.54) is 0 Å². The predicted octanol–water partition coefficient (Wildman–Crippen LogP) is 2.52. The maximum atomic E-state index is 14.1. The number of nitrogens with two attached hydrogens (primary N) is 1. The Kier molecular flexibility index (Phi) is 4.24. The number of carbonyl (C=O) groups is 1. The van der Waals surface area contributed by atoms with Crippen molar-refractivity contribution in [2.45, 2.75) is 30.2 Å². The molecule has 132 valence electrons. The van der Waals surface area contributed by atoms with Crippen molar-refractivity contribution < 1.29 is 22.0 Å². The van der Waals surface area contributed by atoms with Gasteiger partial charge in [0, 0.05) is 12.1 Å². The molecule has 0 aromatic heterocycles. The molecule has 2 aromatic carbocycles. The molecule has 1 heterocycles. The Morgan fingerprint density at radius 2 is 1.88 bits per heavy atom. The smallest absolute Gasteiger partial charge is 0.267 e. The lowest BCUT2D eigenvalue weighted by Gasteiger charge is -2.38. The Morgan fingerprint density at radius 1 is 1.20 bits per heavy atom. The van der Waals surface area contributed by atoms with E-state index >= 15 is 0 Å². The van der Waals surface area contributed by atoms with Gasteiger partial charge in [-0.3, -0.25) is 9.10 Å². The molecule has 2 N–H and O–H groups in total. The Hall–Kier alpha value is -2.48. The fraction of sp³-hybridized carbons (Fsp3) is 0.235. The summed E-state index contributed by atoms with van der Waals surface area (Å²) in [5.41, 5.74) is 6.19. The van der Waals surface area contributed by atoms with Gasteiger partial charge in [-0.25, -0.2) is 17.2 Å². The summed E-state index contributed by atoms with van der Waals surface area (Å²) < 4.78 is 54.3. The number of nitrogens with zero attached hydrogens (tertiary/aromatic N) is 1. The second-order valence-electron chi connectivity index (χ2n) is 5.97. The Labute approximate surface area is 144 Å². The molecule has 0 fully saturated rings. The highest BCUT2D eigenvalue weighted by molar-refractivity contribution is 7.92. The third kappa shape index (κ3) is 2.86. The number of carbonyl (C=O) groups excluding carboxylic acids is 1. The molecule has 8 heteroatoms. The number of halogens is 2. The first kappa shape index (κ1) is 17.3. The molecule has 3 rings (SSSR count). The molecule has 1 aliphatic rings. The largest absolute Gasteiger partial charge is 0.369 e. The minimum atomic E-state index is -4.28. The van der Waals surface area contributed by atoms with Crippen LogP contribution < -0.4 is 10.0 Å². The van der Waals surface area contributed by atoms with Gasteiger partial charge >= 0.3 is 0 Å². The summed E-state index contributed by atoms with van der Waals surface area (Å²) in [7, 11) is -4.28. The van der Waals surface area contributed by atoms with Gasteiger partial charge in [0.2, 0.25) is 5.91 Å². The highest BCUT2D eigenvalue weighted by atomic mass is 32.2. The van der Waals surface area contributed by atoms with Gasteiger partial charge in [-0.1, -0.05) is 18.2 Å². The van der Waals surface area contributed by atoms with Crippen molar-refractivity contribution >= 4 is 21.6 Å². The van der Waals surface area contributed by atoms with E-state index in [0.29, 0.717) is 11.6 Å². The fourth-order valence-electron chi connectivity index (χ4n) is 3.21. The van der Waals surface area contributed by atoms with Crippen LogP contribution in [-0.4, -0.2) is 20.4 Å². The van der Waals surface area contributed by atoms with Crippen molar-refractivity contribution in [3.63, 3.8) is 0 Å². The maximum absolute atomic E-state index is 14.1. The average Bonchev–Trinajstić information content (AvgIpc) is 2.53. The second kappa shape index (κ2) is 6.11. The number of fused-ring (bicyclic) bond motifs is 1. The Bertz CT molecular complexity index is 947. The molecule has 0 bridgehead atoms. The van der Waals surface area contributed by atoms with Crippen LogP contribution in [0, 0.1) is 11.6 Å². The van der Waals surface area contributed by atoms with Gasteiger partial charge in [-0.05, 0) is 37.1 Å². The minimum Gasteiger partial charge on any atom is -0.369 e. The number of anilines is 1. The fourth-order valence-corrected chi connectivity index (χ4v) is 4.95.